The van der Waals surface area contributed by atoms with Gasteiger partial charge in [-0.2, -0.15) is 4.31 Å². The van der Waals surface area contributed by atoms with Crippen LogP contribution in [0.3, 0.4) is 0 Å². The number of hydrogen-bond acceptors (Lipinski definition) is 5. The fourth-order valence-corrected chi connectivity index (χ4v) is 7.42. The van der Waals surface area contributed by atoms with Gasteiger partial charge in [-0.05, 0) is 51.9 Å². The molecular weight excluding hydrogens is 539 g/mol. The zero-order chi connectivity index (χ0) is 27.1. The van der Waals surface area contributed by atoms with Crippen LogP contribution in [0, 0.1) is 0 Å². The number of rotatable bonds is 8. The number of benzene rings is 4. The Balaban J connectivity index is 1.19. The summed E-state index contributed by atoms with van der Waals surface area (Å²) in [7, 11) is -3.78. The van der Waals surface area contributed by atoms with Crippen molar-refractivity contribution < 1.29 is 12.8 Å². The normalized spacial score (nSPS) is 12.2. The monoisotopic (exact) mass is 563 g/mol. The zero-order valence-corrected chi connectivity index (χ0v) is 23.1. The maximum Gasteiger partial charge on any atom is 0.243 e. The lowest BCUT2D eigenvalue weighted by atomic mass is 10.1. The highest BCUT2D eigenvalue weighted by Crippen LogP contribution is 2.28. The summed E-state index contributed by atoms with van der Waals surface area (Å²) in [6.45, 7) is 0.451. The smallest absolute Gasteiger partial charge is 0.243 e. The van der Waals surface area contributed by atoms with E-state index in [1.165, 1.54) is 15.1 Å². The minimum atomic E-state index is -3.78. The first-order chi connectivity index (χ1) is 19.5. The van der Waals surface area contributed by atoms with Crippen molar-refractivity contribution in [2.45, 2.75) is 17.9 Å². The van der Waals surface area contributed by atoms with Crippen molar-refractivity contribution in [3.8, 4) is 11.3 Å². The molecule has 8 heteroatoms. The number of thiazole rings is 1. The van der Waals surface area contributed by atoms with Crippen LogP contribution < -0.4 is 0 Å². The fourth-order valence-electron chi connectivity index (χ4n) is 5.07. The highest BCUT2D eigenvalue weighted by molar-refractivity contribution is 7.89. The number of furan rings is 1. The number of hydrogen-bond donors (Lipinski definition) is 0. The molecule has 0 unspecified atom stereocenters. The SMILES string of the molecule is O=S(=O)(c1ccc2ccccc2c1)N(CCc1csc2nc(-c3ccc4ccccc4c3)cn12)Cc1ccco1. The van der Waals surface area contributed by atoms with E-state index in [1.807, 2.05) is 48.7 Å². The number of aromatic nitrogens is 2. The van der Waals surface area contributed by atoms with E-state index in [0.717, 1.165) is 32.7 Å². The average Bonchev–Trinajstić information content (AvgIpc) is 3.73. The number of sulfonamides is 1. The average molecular weight is 564 g/mol. The van der Waals surface area contributed by atoms with Gasteiger partial charge >= 0.3 is 0 Å². The van der Waals surface area contributed by atoms with Gasteiger partial charge in [-0.3, -0.25) is 4.40 Å². The molecule has 0 atom stereocenters. The molecule has 0 radical (unpaired) electrons. The van der Waals surface area contributed by atoms with Crippen LogP contribution >= 0.6 is 11.3 Å². The topological polar surface area (TPSA) is 67.8 Å². The molecule has 0 aliphatic heterocycles. The van der Waals surface area contributed by atoms with E-state index in [9.17, 15) is 8.42 Å². The Hall–Kier alpha value is -4.24. The van der Waals surface area contributed by atoms with Gasteiger partial charge in [0.1, 0.15) is 5.76 Å². The van der Waals surface area contributed by atoms with Crippen LogP contribution in [0.15, 0.2) is 124 Å². The molecule has 0 aliphatic rings. The maximum absolute atomic E-state index is 13.9. The van der Waals surface area contributed by atoms with Crippen LogP contribution in [-0.2, 0) is 23.0 Å². The summed E-state index contributed by atoms with van der Waals surface area (Å²) in [6.07, 6.45) is 4.14. The van der Waals surface area contributed by atoms with E-state index < -0.39 is 10.0 Å². The van der Waals surface area contributed by atoms with Gasteiger partial charge < -0.3 is 4.42 Å². The Labute approximate surface area is 235 Å². The number of fused-ring (bicyclic) bond motifs is 3. The van der Waals surface area contributed by atoms with Crippen molar-refractivity contribution in [1.82, 2.24) is 13.7 Å². The van der Waals surface area contributed by atoms with Gasteiger partial charge in [0, 0.05) is 35.8 Å². The Kier molecular flexibility index (Phi) is 6.23. The first-order valence-corrected chi connectivity index (χ1v) is 15.3. The van der Waals surface area contributed by atoms with Crippen molar-refractivity contribution in [2.24, 2.45) is 0 Å². The summed E-state index contributed by atoms with van der Waals surface area (Å²) in [5, 5.41) is 6.31. The predicted molar refractivity (Wildman–Crippen MR) is 160 cm³/mol. The van der Waals surface area contributed by atoms with Crippen molar-refractivity contribution in [1.29, 1.82) is 0 Å². The second-order valence-electron chi connectivity index (χ2n) is 9.74. The van der Waals surface area contributed by atoms with Gasteiger partial charge in [-0.15, -0.1) is 11.3 Å². The maximum atomic E-state index is 13.9. The second kappa shape index (κ2) is 10.1. The largest absolute Gasteiger partial charge is 0.468 e. The Morgan fingerprint density at radius 2 is 1.55 bits per heavy atom. The Morgan fingerprint density at radius 3 is 2.30 bits per heavy atom. The minimum absolute atomic E-state index is 0.154. The molecule has 3 aromatic heterocycles. The molecule has 0 saturated heterocycles. The standard InChI is InChI=1S/C32H25N3O3S2/c36-40(37,30-14-13-24-7-2-4-9-26(24)19-30)34(20-29-10-5-17-38-29)16-15-28-22-39-32-33-31(21-35(28)32)27-12-11-23-6-1-3-8-25(23)18-27/h1-14,17-19,21-22H,15-16,20H2. The van der Waals surface area contributed by atoms with Gasteiger partial charge in [0.2, 0.25) is 10.0 Å². The van der Waals surface area contributed by atoms with E-state index in [-0.39, 0.29) is 11.4 Å². The van der Waals surface area contributed by atoms with Crippen LogP contribution in [0.4, 0.5) is 0 Å². The molecule has 4 aromatic carbocycles. The molecule has 198 valence electrons. The van der Waals surface area contributed by atoms with Crippen LogP contribution in [0.5, 0.6) is 0 Å². The van der Waals surface area contributed by atoms with Crippen molar-refractivity contribution >= 4 is 47.9 Å². The summed E-state index contributed by atoms with van der Waals surface area (Å²) in [5.41, 5.74) is 2.96. The fraction of sp³-hybridized carbons (Fsp3) is 0.0938. The predicted octanol–water partition coefficient (Wildman–Crippen LogP) is 7.40. The van der Waals surface area contributed by atoms with E-state index in [2.05, 4.69) is 40.1 Å². The number of imidazole rings is 1. The molecule has 0 N–H and O–H groups in total. The lowest BCUT2D eigenvalue weighted by Gasteiger charge is -2.21. The van der Waals surface area contributed by atoms with Crippen LogP contribution in [0.1, 0.15) is 11.5 Å². The second-order valence-corrected chi connectivity index (χ2v) is 12.5. The third-order valence-corrected chi connectivity index (χ3v) is 9.95. The zero-order valence-electron chi connectivity index (χ0n) is 21.5. The van der Waals surface area contributed by atoms with Crippen LogP contribution in [0.25, 0.3) is 37.8 Å². The molecule has 7 rings (SSSR count). The van der Waals surface area contributed by atoms with E-state index in [4.69, 9.17) is 9.40 Å². The summed E-state index contributed by atoms with van der Waals surface area (Å²) >= 11 is 1.56. The molecule has 0 fully saturated rings. The molecule has 40 heavy (non-hydrogen) atoms. The third-order valence-electron chi connectivity index (χ3n) is 7.22. The van der Waals surface area contributed by atoms with E-state index in [1.54, 1.807) is 41.9 Å². The Morgan fingerprint density at radius 1 is 0.825 bits per heavy atom. The molecule has 0 bridgehead atoms. The van der Waals surface area contributed by atoms with Gasteiger partial charge in [-0.25, -0.2) is 13.4 Å². The van der Waals surface area contributed by atoms with Gasteiger partial charge in [0.25, 0.3) is 0 Å². The summed E-state index contributed by atoms with van der Waals surface area (Å²) in [6, 6.07) is 31.3. The van der Waals surface area contributed by atoms with Gasteiger partial charge in [-0.1, -0.05) is 66.7 Å². The molecular formula is C32H25N3O3S2. The first-order valence-electron chi connectivity index (χ1n) is 13.0. The van der Waals surface area contributed by atoms with Crippen LogP contribution in [-0.4, -0.2) is 28.7 Å². The molecule has 0 aliphatic carbocycles. The highest BCUT2D eigenvalue weighted by Gasteiger charge is 2.26. The molecule has 0 saturated carbocycles. The minimum Gasteiger partial charge on any atom is -0.468 e. The summed E-state index contributed by atoms with van der Waals surface area (Å²) < 4.78 is 36.9. The molecule has 0 spiro atoms. The van der Waals surface area contributed by atoms with Gasteiger partial charge in [0.15, 0.2) is 4.96 Å². The Bertz CT molecular complexity index is 2080. The highest BCUT2D eigenvalue weighted by atomic mass is 32.2. The van der Waals surface area contributed by atoms with Crippen molar-refractivity contribution in [2.75, 3.05) is 6.54 Å². The molecule has 7 aromatic rings. The quantitative estimate of drug-likeness (QED) is 0.193. The van der Waals surface area contributed by atoms with Gasteiger partial charge in [0.05, 0.1) is 23.4 Å². The van der Waals surface area contributed by atoms with E-state index >= 15 is 0 Å². The van der Waals surface area contributed by atoms with Crippen LogP contribution in [0.2, 0.25) is 0 Å². The first kappa shape index (κ1) is 24.8. The number of nitrogens with zero attached hydrogens (tertiary/aromatic N) is 3. The lowest BCUT2D eigenvalue weighted by Crippen LogP contribution is -2.32. The van der Waals surface area contributed by atoms with Crippen molar-refractivity contribution in [3.05, 3.63) is 126 Å². The molecule has 6 nitrogen and oxygen atoms in total. The summed E-state index contributed by atoms with van der Waals surface area (Å²) in [4.78, 5) is 6.01. The third kappa shape index (κ3) is 4.60. The van der Waals surface area contributed by atoms with E-state index in [0.29, 0.717) is 18.7 Å². The molecule has 0 amide bonds. The lowest BCUT2D eigenvalue weighted by molar-refractivity contribution is 0.365. The van der Waals surface area contributed by atoms with Crippen molar-refractivity contribution in [3.63, 3.8) is 0 Å². The summed E-state index contributed by atoms with van der Waals surface area (Å²) in [5.74, 6) is 0.598. The molecule has 3 heterocycles.